The van der Waals surface area contributed by atoms with Gasteiger partial charge in [0.05, 0.1) is 17.6 Å². The Morgan fingerprint density at radius 2 is 1.84 bits per heavy atom. The number of hydrogen-bond donors (Lipinski definition) is 1. The summed E-state index contributed by atoms with van der Waals surface area (Å²) in [6, 6.07) is 17.0. The van der Waals surface area contributed by atoms with Crippen molar-refractivity contribution in [2.45, 2.75) is 39.0 Å². The van der Waals surface area contributed by atoms with Gasteiger partial charge in [0.1, 0.15) is 6.54 Å². The van der Waals surface area contributed by atoms with Crippen molar-refractivity contribution in [2.75, 3.05) is 25.0 Å². The Kier molecular flexibility index (Phi) is 8.86. The van der Waals surface area contributed by atoms with Crippen LogP contribution in [0.5, 0.6) is 0 Å². The van der Waals surface area contributed by atoms with Gasteiger partial charge in [-0.25, -0.2) is 4.79 Å². The monoisotopic (exact) mass is 522 g/mol. The Morgan fingerprint density at radius 3 is 2.46 bits per heavy atom. The molecule has 3 amide bonds. The number of rotatable bonds is 10. The van der Waals surface area contributed by atoms with Crippen LogP contribution in [0.4, 0.5) is 16.2 Å². The molecule has 0 spiro atoms. The maximum atomic E-state index is 13.6. The summed E-state index contributed by atoms with van der Waals surface area (Å²) < 4.78 is 5.74. The molecule has 1 aliphatic heterocycles. The fourth-order valence-corrected chi connectivity index (χ4v) is 5.08. The predicted octanol–water partition coefficient (Wildman–Crippen LogP) is 5.21. The summed E-state index contributed by atoms with van der Waals surface area (Å²) in [7, 11) is 0. The highest BCUT2D eigenvalue weighted by Crippen LogP contribution is 2.21. The number of carbonyl (C=O) groups is 2. The first kappa shape index (κ1) is 26.3. The van der Waals surface area contributed by atoms with Gasteiger partial charge in [-0.2, -0.15) is 0 Å². The van der Waals surface area contributed by atoms with Crippen LogP contribution >= 0.6 is 11.3 Å². The number of non-ortho nitro benzene ring substituents is 1. The number of benzene rings is 2. The number of urea groups is 1. The molecular formula is C27H30N4O5S. The maximum Gasteiger partial charge on any atom is 0.322 e. The summed E-state index contributed by atoms with van der Waals surface area (Å²) in [6.45, 7) is 3.70. The number of aryl methyl sites for hydroxylation is 1. The lowest BCUT2D eigenvalue weighted by Gasteiger charge is -2.29. The average Bonchev–Trinajstić information content (AvgIpc) is 3.55. The molecule has 0 saturated carbocycles. The molecule has 2 heterocycles. The highest BCUT2D eigenvalue weighted by Gasteiger charge is 2.27. The fourth-order valence-electron chi connectivity index (χ4n) is 4.16. The number of thiophene rings is 1. The van der Waals surface area contributed by atoms with Gasteiger partial charge in [0.2, 0.25) is 5.91 Å². The van der Waals surface area contributed by atoms with Crippen molar-refractivity contribution < 1.29 is 19.2 Å². The van der Waals surface area contributed by atoms with Gasteiger partial charge in [0.25, 0.3) is 5.69 Å². The minimum atomic E-state index is -0.495. The number of nitro groups is 1. The highest BCUT2D eigenvalue weighted by molar-refractivity contribution is 7.10. The van der Waals surface area contributed by atoms with Crippen molar-refractivity contribution in [1.82, 2.24) is 9.80 Å². The molecular weight excluding hydrogens is 492 g/mol. The summed E-state index contributed by atoms with van der Waals surface area (Å²) in [5.74, 6) is -0.173. The van der Waals surface area contributed by atoms with E-state index in [0.29, 0.717) is 25.4 Å². The van der Waals surface area contributed by atoms with Gasteiger partial charge in [-0.1, -0.05) is 30.3 Å². The molecule has 1 saturated heterocycles. The number of anilines is 1. The molecule has 4 rings (SSSR count). The third-order valence-corrected chi connectivity index (χ3v) is 7.27. The van der Waals surface area contributed by atoms with Gasteiger partial charge >= 0.3 is 6.03 Å². The quantitative estimate of drug-likeness (QED) is 0.291. The van der Waals surface area contributed by atoms with Gasteiger partial charge in [0.15, 0.2) is 0 Å². The first-order valence-corrected chi connectivity index (χ1v) is 13.0. The second kappa shape index (κ2) is 12.5. The van der Waals surface area contributed by atoms with Crippen molar-refractivity contribution >= 4 is 34.6 Å². The van der Waals surface area contributed by atoms with Gasteiger partial charge in [0, 0.05) is 42.4 Å². The van der Waals surface area contributed by atoms with E-state index in [9.17, 15) is 19.7 Å². The smallest absolute Gasteiger partial charge is 0.322 e. The van der Waals surface area contributed by atoms with Gasteiger partial charge in [-0.05, 0) is 54.5 Å². The van der Waals surface area contributed by atoms with Crippen LogP contribution in [-0.4, -0.2) is 52.5 Å². The van der Waals surface area contributed by atoms with Crippen molar-refractivity contribution in [3.8, 4) is 0 Å². The molecule has 3 aromatic rings. The number of amides is 3. The second-order valence-corrected chi connectivity index (χ2v) is 10.0. The summed E-state index contributed by atoms with van der Waals surface area (Å²) in [5, 5.41) is 15.7. The third-order valence-electron chi connectivity index (χ3n) is 6.26. The minimum Gasteiger partial charge on any atom is -0.376 e. The van der Waals surface area contributed by atoms with Crippen LogP contribution in [0.25, 0.3) is 0 Å². The maximum absolute atomic E-state index is 13.6. The van der Waals surface area contributed by atoms with Crippen molar-refractivity contribution in [3.63, 3.8) is 0 Å². The van der Waals surface area contributed by atoms with E-state index >= 15 is 0 Å². The molecule has 1 fully saturated rings. The number of hydrogen-bond acceptors (Lipinski definition) is 6. The number of carbonyl (C=O) groups excluding carboxylic acids is 2. The fraction of sp³-hybridized carbons (Fsp3) is 0.333. The van der Waals surface area contributed by atoms with Crippen molar-refractivity contribution in [1.29, 1.82) is 0 Å². The topological polar surface area (TPSA) is 105 Å². The largest absolute Gasteiger partial charge is 0.376 e. The van der Waals surface area contributed by atoms with Crippen LogP contribution in [0, 0.1) is 17.0 Å². The Balaban J connectivity index is 1.51. The molecule has 37 heavy (non-hydrogen) atoms. The van der Waals surface area contributed by atoms with Crippen LogP contribution in [-0.2, 0) is 22.6 Å². The van der Waals surface area contributed by atoms with Gasteiger partial charge in [-0.15, -0.1) is 11.3 Å². The first-order valence-electron chi connectivity index (χ1n) is 12.2. The van der Waals surface area contributed by atoms with Crippen LogP contribution < -0.4 is 5.32 Å². The third kappa shape index (κ3) is 7.37. The number of nitrogens with one attached hydrogen (secondary N) is 1. The van der Waals surface area contributed by atoms with Gasteiger partial charge < -0.3 is 19.9 Å². The lowest BCUT2D eigenvalue weighted by Crippen LogP contribution is -2.46. The molecule has 1 unspecified atom stereocenters. The normalized spacial score (nSPS) is 14.8. The molecule has 0 radical (unpaired) electrons. The van der Waals surface area contributed by atoms with E-state index in [4.69, 9.17) is 4.74 Å². The van der Waals surface area contributed by atoms with E-state index < -0.39 is 11.0 Å². The van der Waals surface area contributed by atoms with Gasteiger partial charge in [-0.3, -0.25) is 14.9 Å². The zero-order valence-electron chi connectivity index (χ0n) is 20.7. The van der Waals surface area contributed by atoms with Crippen molar-refractivity contribution in [2.24, 2.45) is 0 Å². The molecule has 1 N–H and O–H groups in total. The molecule has 0 bridgehead atoms. The SMILES string of the molecule is Cc1ccsc1CN(Cc1ccccc1)C(=O)CN(CC1CCCO1)C(=O)Nc1ccc([N+](=O)[O-])cc1. The van der Waals surface area contributed by atoms with Crippen molar-refractivity contribution in [3.05, 3.63) is 92.2 Å². The van der Waals surface area contributed by atoms with Crippen LogP contribution in [0.1, 0.15) is 28.8 Å². The molecule has 1 aliphatic rings. The first-order chi connectivity index (χ1) is 17.9. The molecule has 1 aromatic heterocycles. The molecule has 0 aliphatic carbocycles. The Hall–Kier alpha value is -3.76. The standard InChI is InChI=1S/C27H30N4O5S/c1-20-13-15-37-25(20)18-29(16-21-6-3-2-4-7-21)26(32)19-30(17-24-8-5-14-36-24)27(33)28-22-9-11-23(12-10-22)31(34)35/h2-4,6-7,9-13,15,24H,5,8,14,16-19H2,1H3,(H,28,33). The number of ether oxygens (including phenoxy) is 1. The summed E-state index contributed by atoms with van der Waals surface area (Å²) in [5.41, 5.74) is 2.48. The highest BCUT2D eigenvalue weighted by atomic mass is 32.1. The summed E-state index contributed by atoms with van der Waals surface area (Å²) in [6.07, 6.45) is 1.59. The van der Waals surface area contributed by atoms with E-state index in [1.54, 1.807) is 16.2 Å². The van der Waals surface area contributed by atoms with E-state index in [1.807, 2.05) is 48.7 Å². The summed E-state index contributed by atoms with van der Waals surface area (Å²) in [4.78, 5) is 41.7. The van der Waals surface area contributed by atoms with E-state index in [2.05, 4.69) is 5.32 Å². The lowest BCUT2D eigenvalue weighted by molar-refractivity contribution is -0.384. The molecule has 9 nitrogen and oxygen atoms in total. The Bertz CT molecular complexity index is 1210. The molecule has 10 heteroatoms. The number of nitro benzene ring substituents is 1. The molecule has 2 aromatic carbocycles. The van der Waals surface area contributed by atoms with E-state index in [1.165, 1.54) is 29.2 Å². The Labute approximate surface area is 219 Å². The number of nitrogens with zero attached hydrogens (tertiary/aromatic N) is 3. The van der Waals surface area contributed by atoms with Crippen LogP contribution in [0.3, 0.4) is 0 Å². The zero-order valence-corrected chi connectivity index (χ0v) is 21.5. The molecule has 194 valence electrons. The zero-order chi connectivity index (χ0) is 26.2. The predicted molar refractivity (Wildman–Crippen MR) is 142 cm³/mol. The van der Waals surface area contributed by atoms with Crippen LogP contribution in [0.2, 0.25) is 0 Å². The molecule has 1 atom stereocenters. The summed E-state index contributed by atoms with van der Waals surface area (Å²) >= 11 is 1.61. The van der Waals surface area contributed by atoms with E-state index in [0.717, 1.165) is 28.8 Å². The minimum absolute atomic E-state index is 0.0650. The average molecular weight is 523 g/mol. The Morgan fingerprint density at radius 1 is 1.08 bits per heavy atom. The van der Waals surface area contributed by atoms with Crippen LogP contribution in [0.15, 0.2) is 66.0 Å². The van der Waals surface area contributed by atoms with E-state index in [-0.39, 0.29) is 30.8 Å². The second-order valence-electron chi connectivity index (χ2n) is 9.01. The lowest BCUT2D eigenvalue weighted by atomic mass is 10.2.